The van der Waals surface area contributed by atoms with Crippen LogP contribution in [0.25, 0.3) is 0 Å². The molecule has 0 aliphatic heterocycles. The summed E-state index contributed by atoms with van der Waals surface area (Å²) in [5.74, 6) is 0.582. The second-order valence-corrected chi connectivity index (χ2v) is 5.46. The molecular weight excluding hydrogens is 244 g/mol. The summed E-state index contributed by atoms with van der Waals surface area (Å²) in [6.07, 6.45) is 0. The predicted molar refractivity (Wildman–Crippen MR) is 75.5 cm³/mol. The number of para-hydroxylation sites is 2. The van der Waals surface area contributed by atoms with Crippen LogP contribution in [0.2, 0.25) is 0 Å². The normalized spacial score (nSPS) is 11.9. The van der Waals surface area contributed by atoms with Gasteiger partial charge in [0.05, 0.1) is 23.9 Å². The van der Waals surface area contributed by atoms with Gasteiger partial charge in [0.2, 0.25) is 0 Å². The van der Waals surface area contributed by atoms with Crippen LogP contribution < -0.4 is 15.4 Å². The number of aliphatic hydroxyl groups is 1. The van der Waals surface area contributed by atoms with Crippen LogP contribution in [-0.2, 0) is 0 Å². The molecule has 1 rings (SSSR count). The van der Waals surface area contributed by atoms with Crippen molar-refractivity contribution in [3.63, 3.8) is 0 Å². The molecule has 0 aliphatic carbocycles. The zero-order chi connectivity index (χ0) is 14.7. The number of methoxy groups -OCH3 is 1. The van der Waals surface area contributed by atoms with Gasteiger partial charge in [-0.15, -0.1) is 0 Å². The van der Waals surface area contributed by atoms with E-state index < -0.39 is 17.2 Å². The van der Waals surface area contributed by atoms with Gasteiger partial charge >= 0.3 is 6.03 Å². The van der Waals surface area contributed by atoms with Gasteiger partial charge in [-0.25, -0.2) is 4.79 Å². The molecule has 5 nitrogen and oxygen atoms in total. The molecule has 0 aromatic heterocycles. The van der Waals surface area contributed by atoms with Gasteiger partial charge in [0.25, 0.3) is 0 Å². The number of hydrogen-bond donors (Lipinski definition) is 3. The number of carbonyl (C=O) groups is 1. The van der Waals surface area contributed by atoms with E-state index in [2.05, 4.69) is 10.6 Å². The average Bonchev–Trinajstić information content (AvgIpc) is 2.27. The number of nitrogens with one attached hydrogen (secondary N) is 2. The Hall–Kier alpha value is -1.75. The van der Waals surface area contributed by atoms with Crippen LogP contribution in [0.1, 0.15) is 27.7 Å². The van der Waals surface area contributed by atoms with Crippen molar-refractivity contribution in [3.05, 3.63) is 24.3 Å². The first-order chi connectivity index (χ1) is 8.67. The molecule has 106 valence electrons. The number of amides is 2. The van der Waals surface area contributed by atoms with E-state index in [0.29, 0.717) is 11.4 Å². The molecule has 0 bridgehead atoms. The largest absolute Gasteiger partial charge is 0.495 e. The Morgan fingerprint density at radius 1 is 1.21 bits per heavy atom. The summed E-state index contributed by atoms with van der Waals surface area (Å²) < 4.78 is 5.15. The molecule has 0 saturated carbocycles. The van der Waals surface area contributed by atoms with Crippen LogP contribution in [0.3, 0.4) is 0 Å². The minimum Gasteiger partial charge on any atom is -0.495 e. The zero-order valence-corrected chi connectivity index (χ0v) is 12.1. The molecule has 0 aliphatic rings. The summed E-state index contributed by atoms with van der Waals surface area (Å²) in [5.41, 5.74) is -1.22. The van der Waals surface area contributed by atoms with E-state index in [1.54, 1.807) is 53.0 Å². The van der Waals surface area contributed by atoms with Crippen molar-refractivity contribution >= 4 is 11.7 Å². The maximum Gasteiger partial charge on any atom is 0.319 e. The maximum atomic E-state index is 12.0. The molecule has 1 aromatic carbocycles. The van der Waals surface area contributed by atoms with Gasteiger partial charge in [0.15, 0.2) is 0 Å². The van der Waals surface area contributed by atoms with Crippen molar-refractivity contribution in [2.45, 2.75) is 38.8 Å². The highest BCUT2D eigenvalue weighted by Gasteiger charge is 2.36. The first-order valence-corrected chi connectivity index (χ1v) is 6.12. The lowest BCUT2D eigenvalue weighted by atomic mass is 9.86. The van der Waals surface area contributed by atoms with Gasteiger partial charge in [-0.1, -0.05) is 12.1 Å². The maximum absolute atomic E-state index is 12.0. The third kappa shape index (κ3) is 3.86. The Labute approximate surface area is 114 Å². The lowest BCUT2D eigenvalue weighted by molar-refractivity contribution is 0.00184. The van der Waals surface area contributed by atoms with Crippen molar-refractivity contribution < 1.29 is 14.6 Å². The summed E-state index contributed by atoms with van der Waals surface area (Å²) >= 11 is 0. The highest BCUT2D eigenvalue weighted by Crippen LogP contribution is 2.24. The molecule has 0 atom stereocenters. The van der Waals surface area contributed by atoms with Crippen LogP contribution in [0.4, 0.5) is 10.5 Å². The molecule has 0 radical (unpaired) electrons. The molecule has 5 heteroatoms. The summed E-state index contributed by atoms with van der Waals surface area (Å²) in [6.45, 7) is 6.82. The summed E-state index contributed by atoms with van der Waals surface area (Å²) in [4.78, 5) is 12.0. The van der Waals surface area contributed by atoms with Gasteiger partial charge in [-0.2, -0.15) is 0 Å². The van der Waals surface area contributed by atoms with Gasteiger partial charge in [-0.05, 0) is 39.8 Å². The van der Waals surface area contributed by atoms with Gasteiger partial charge in [0, 0.05) is 0 Å². The molecule has 1 aromatic rings. The average molecular weight is 266 g/mol. The molecule has 0 unspecified atom stereocenters. The van der Waals surface area contributed by atoms with Gasteiger partial charge in [0.1, 0.15) is 5.75 Å². The second-order valence-electron chi connectivity index (χ2n) is 5.46. The number of rotatable bonds is 4. The molecule has 0 heterocycles. The Morgan fingerprint density at radius 3 is 2.32 bits per heavy atom. The Kier molecular flexibility index (Phi) is 4.42. The lowest BCUT2D eigenvalue weighted by Crippen LogP contribution is -2.58. The Balaban J connectivity index is 2.76. The highest BCUT2D eigenvalue weighted by molar-refractivity contribution is 5.91. The van der Waals surface area contributed by atoms with E-state index in [1.165, 1.54) is 0 Å². The molecule has 19 heavy (non-hydrogen) atoms. The number of ether oxygens (including phenoxy) is 1. The van der Waals surface area contributed by atoms with Crippen LogP contribution in [0.5, 0.6) is 5.75 Å². The monoisotopic (exact) mass is 266 g/mol. The molecule has 0 saturated heterocycles. The molecule has 0 fully saturated rings. The number of urea groups is 1. The Morgan fingerprint density at radius 2 is 1.79 bits per heavy atom. The van der Waals surface area contributed by atoms with Crippen molar-refractivity contribution in [1.29, 1.82) is 0 Å². The number of benzene rings is 1. The quantitative estimate of drug-likeness (QED) is 0.783. The molecule has 0 spiro atoms. The van der Waals surface area contributed by atoms with E-state index in [1.807, 2.05) is 6.07 Å². The molecular formula is C14H22N2O3. The summed E-state index contributed by atoms with van der Waals surface area (Å²) in [7, 11) is 1.54. The van der Waals surface area contributed by atoms with E-state index in [0.717, 1.165) is 0 Å². The van der Waals surface area contributed by atoms with E-state index >= 15 is 0 Å². The number of anilines is 1. The predicted octanol–water partition coefficient (Wildman–Crippen LogP) is 2.37. The van der Waals surface area contributed by atoms with Crippen molar-refractivity contribution in [1.82, 2.24) is 5.32 Å². The highest BCUT2D eigenvalue weighted by atomic mass is 16.5. The van der Waals surface area contributed by atoms with E-state index in [9.17, 15) is 9.90 Å². The van der Waals surface area contributed by atoms with Crippen molar-refractivity contribution in [2.24, 2.45) is 0 Å². The summed E-state index contributed by atoms with van der Waals surface area (Å²) in [5, 5.41) is 15.4. The second kappa shape index (κ2) is 5.48. The smallest absolute Gasteiger partial charge is 0.319 e. The minimum atomic E-state index is -1.04. The first kappa shape index (κ1) is 15.3. The fourth-order valence-electron chi connectivity index (χ4n) is 1.34. The van der Waals surface area contributed by atoms with Crippen LogP contribution in [0, 0.1) is 0 Å². The van der Waals surface area contributed by atoms with Crippen molar-refractivity contribution in [3.8, 4) is 5.75 Å². The fraction of sp³-hybridized carbons (Fsp3) is 0.500. The molecule has 3 N–H and O–H groups in total. The topological polar surface area (TPSA) is 70.6 Å². The van der Waals surface area contributed by atoms with Crippen LogP contribution >= 0.6 is 0 Å². The fourth-order valence-corrected chi connectivity index (χ4v) is 1.34. The minimum absolute atomic E-state index is 0.392. The number of hydrogen-bond acceptors (Lipinski definition) is 3. The third-order valence-corrected chi connectivity index (χ3v) is 3.31. The van der Waals surface area contributed by atoms with Crippen LogP contribution in [0.15, 0.2) is 24.3 Å². The van der Waals surface area contributed by atoms with E-state index in [4.69, 9.17) is 4.74 Å². The van der Waals surface area contributed by atoms with E-state index in [-0.39, 0.29) is 0 Å². The van der Waals surface area contributed by atoms with Crippen LogP contribution in [-0.4, -0.2) is 29.4 Å². The molecule has 2 amide bonds. The number of carbonyl (C=O) groups excluding carboxylic acids is 1. The first-order valence-electron chi connectivity index (χ1n) is 6.12. The SMILES string of the molecule is COc1ccccc1NC(=O)NC(C)(C)C(C)(C)O. The third-order valence-electron chi connectivity index (χ3n) is 3.31. The van der Waals surface area contributed by atoms with Gasteiger partial charge in [-0.3, -0.25) is 0 Å². The summed E-state index contributed by atoms with van der Waals surface area (Å²) in [6, 6.07) is 6.74. The zero-order valence-electron chi connectivity index (χ0n) is 12.1. The van der Waals surface area contributed by atoms with Gasteiger partial charge < -0.3 is 20.5 Å². The Bertz CT molecular complexity index is 450. The van der Waals surface area contributed by atoms with Crippen molar-refractivity contribution in [2.75, 3.05) is 12.4 Å². The lowest BCUT2D eigenvalue weighted by Gasteiger charge is -2.37. The standard InChI is InChI=1S/C14H22N2O3/c1-13(2,14(3,4)18)16-12(17)15-10-8-6-7-9-11(10)19-5/h6-9,18H,1-5H3,(H2,15,16,17).